The van der Waals surface area contributed by atoms with E-state index in [0.717, 1.165) is 15.7 Å². The van der Waals surface area contributed by atoms with Gasteiger partial charge in [0.2, 0.25) is 5.91 Å². The van der Waals surface area contributed by atoms with Crippen LogP contribution in [0.15, 0.2) is 41.3 Å². The van der Waals surface area contributed by atoms with Crippen LogP contribution >= 0.6 is 11.8 Å². The summed E-state index contributed by atoms with van der Waals surface area (Å²) in [6, 6.07) is 11.2. The molecule has 1 amide bonds. The lowest BCUT2D eigenvalue weighted by molar-refractivity contribution is -0.123. The second kappa shape index (κ2) is 5.95. The Morgan fingerprint density at radius 3 is 2.68 bits per heavy atom. The van der Waals surface area contributed by atoms with Crippen LogP contribution in [0, 0.1) is 5.92 Å². The van der Waals surface area contributed by atoms with E-state index in [4.69, 9.17) is 5.84 Å². The van der Waals surface area contributed by atoms with Crippen molar-refractivity contribution in [3.05, 3.63) is 36.4 Å². The minimum Gasteiger partial charge on any atom is -0.507 e. The second-order valence-corrected chi connectivity index (χ2v) is 5.41. The number of phenolic OH excluding ortho intramolecular Hbond substituents is 1. The molecular weight excluding hydrogens is 260 g/mol. The zero-order chi connectivity index (χ0) is 13.8. The molecule has 0 saturated carbocycles. The quantitative estimate of drug-likeness (QED) is 0.346. The average molecular weight is 276 g/mol. The number of fused-ring (bicyclic) bond motifs is 1. The number of thioether (sulfide) groups is 1. The number of hydrogen-bond acceptors (Lipinski definition) is 4. The molecule has 0 radical (unpaired) electrons. The predicted molar refractivity (Wildman–Crippen MR) is 77.8 cm³/mol. The van der Waals surface area contributed by atoms with Gasteiger partial charge in [-0.25, -0.2) is 5.84 Å². The van der Waals surface area contributed by atoms with Crippen LogP contribution in [0.4, 0.5) is 0 Å². The summed E-state index contributed by atoms with van der Waals surface area (Å²) in [5, 5.41) is 11.6. The van der Waals surface area contributed by atoms with E-state index in [-0.39, 0.29) is 17.6 Å². The molecule has 0 bridgehead atoms. The summed E-state index contributed by atoms with van der Waals surface area (Å²) in [5.74, 6) is 5.68. The minimum atomic E-state index is -0.171. The molecule has 1 atom stereocenters. The molecule has 4 nitrogen and oxygen atoms in total. The van der Waals surface area contributed by atoms with Crippen molar-refractivity contribution in [1.82, 2.24) is 5.43 Å². The van der Waals surface area contributed by atoms with Crippen molar-refractivity contribution < 1.29 is 9.90 Å². The lowest BCUT2D eigenvalue weighted by Crippen LogP contribution is -2.35. The van der Waals surface area contributed by atoms with Gasteiger partial charge in [0, 0.05) is 22.0 Å². The fraction of sp³-hybridized carbons (Fsp3) is 0.214. The maximum atomic E-state index is 11.4. The molecule has 0 aromatic heterocycles. The highest BCUT2D eigenvalue weighted by molar-refractivity contribution is 7.99. The van der Waals surface area contributed by atoms with E-state index in [1.54, 1.807) is 17.8 Å². The zero-order valence-corrected chi connectivity index (χ0v) is 11.4. The van der Waals surface area contributed by atoms with Crippen LogP contribution in [-0.4, -0.2) is 16.8 Å². The lowest BCUT2D eigenvalue weighted by Gasteiger charge is -2.11. The van der Waals surface area contributed by atoms with E-state index in [1.807, 2.05) is 37.3 Å². The van der Waals surface area contributed by atoms with E-state index in [2.05, 4.69) is 5.43 Å². The number of rotatable bonds is 4. The maximum Gasteiger partial charge on any atom is 0.237 e. The van der Waals surface area contributed by atoms with Gasteiger partial charge >= 0.3 is 0 Å². The first-order valence-electron chi connectivity index (χ1n) is 5.97. The van der Waals surface area contributed by atoms with Crippen molar-refractivity contribution in [3.63, 3.8) is 0 Å². The fourth-order valence-electron chi connectivity index (χ4n) is 1.81. The molecule has 2 aromatic rings. The van der Waals surface area contributed by atoms with E-state index >= 15 is 0 Å². The van der Waals surface area contributed by atoms with Crippen molar-refractivity contribution in [2.75, 3.05) is 5.75 Å². The Morgan fingerprint density at radius 1 is 1.32 bits per heavy atom. The van der Waals surface area contributed by atoms with Crippen molar-refractivity contribution in [2.45, 2.75) is 11.8 Å². The standard InChI is InChI=1S/C14H16N2O2S/c1-9(14(18)16-15)8-19-13-7-6-12(17)10-4-2-3-5-11(10)13/h2-7,9,17H,8,15H2,1H3,(H,16,18). The third-order valence-electron chi connectivity index (χ3n) is 2.94. The molecule has 2 rings (SSSR count). The summed E-state index contributed by atoms with van der Waals surface area (Å²) in [4.78, 5) is 12.4. The Balaban J connectivity index is 2.22. The second-order valence-electron chi connectivity index (χ2n) is 4.35. The molecule has 0 aliphatic heterocycles. The summed E-state index contributed by atoms with van der Waals surface area (Å²) in [7, 11) is 0. The van der Waals surface area contributed by atoms with Gasteiger partial charge in [0.1, 0.15) is 5.75 Å². The Hall–Kier alpha value is -1.72. The topological polar surface area (TPSA) is 75.3 Å². The number of aromatic hydroxyl groups is 1. The average Bonchev–Trinajstić information content (AvgIpc) is 2.45. The van der Waals surface area contributed by atoms with Gasteiger partial charge in [-0.3, -0.25) is 10.2 Å². The molecule has 0 heterocycles. The molecule has 19 heavy (non-hydrogen) atoms. The summed E-state index contributed by atoms with van der Waals surface area (Å²) in [6.45, 7) is 1.83. The number of carbonyl (C=O) groups excluding carboxylic acids is 1. The largest absolute Gasteiger partial charge is 0.507 e. The van der Waals surface area contributed by atoms with Gasteiger partial charge in [0.05, 0.1) is 0 Å². The molecule has 0 spiro atoms. The molecule has 2 aromatic carbocycles. The summed E-state index contributed by atoms with van der Waals surface area (Å²) < 4.78 is 0. The van der Waals surface area contributed by atoms with E-state index in [1.165, 1.54) is 0 Å². The monoisotopic (exact) mass is 276 g/mol. The van der Waals surface area contributed by atoms with Gasteiger partial charge in [-0.05, 0) is 17.5 Å². The number of nitrogens with one attached hydrogen (secondary N) is 1. The number of carbonyl (C=O) groups is 1. The molecule has 4 N–H and O–H groups in total. The van der Waals surface area contributed by atoms with Crippen LogP contribution in [0.3, 0.4) is 0 Å². The van der Waals surface area contributed by atoms with Gasteiger partial charge in [-0.2, -0.15) is 0 Å². The zero-order valence-electron chi connectivity index (χ0n) is 10.6. The van der Waals surface area contributed by atoms with E-state index in [0.29, 0.717) is 5.75 Å². The maximum absolute atomic E-state index is 11.4. The van der Waals surface area contributed by atoms with Crippen LogP contribution in [0.1, 0.15) is 6.92 Å². The van der Waals surface area contributed by atoms with Gasteiger partial charge in [-0.1, -0.05) is 31.2 Å². The van der Waals surface area contributed by atoms with E-state index < -0.39 is 0 Å². The Labute approximate surface area is 116 Å². The summed E-state index contributed by atoms with van der Waals surface area (Å²) in [5.41, 5.74) is 2.16. The molecule has 100 valence electrons. The number of nitrogens with two attached hydrogens (primary N) is 1. The van der Waals surface area contributed by atoms with Crippen molar-refractivity contribution >= 4 is 28.4 Å². The number of hydrazine groups is 1. The molecular formula is C14H16N2O2S. The first-order chi connectivity index (χ1) is 9.13. The number of phenols is 1. The lowest BCUT2D eigenvalue weighted by atomic mass is 10.1. The summed E-state index contributed by atoms with van der Waals surface area (Å²) >= 11 is 1.58. The number of amides is 1. The molecule has 0 aliphatic rings. The minimum absolute atomic E-state index is 0.164. The third-order valence-corrected chi connectivity index (χ3v) is 4.27. The highest BCUT2D eigenvalue weighted by atomic mass is 32.2. The highest BCUT2D eigenvalue weighted by Gasteiger charge is 2.13. The fourth-order valence-corrected chi connectivity index (χ4v) is 2.89. The van der Waals surface area contributed by atoms with Crippen molar-refractivity contribution in [3.8, 4) is 5.75 Å². The smallest absolute Gasteiger partial charge is 0.237 e. The summed E-state index contributed by atoms with van der Waals surface area (Å²) in [6.07, 6.45) is 0. The molecule has 5 heteroatoms. The molecule has 0 aliphatic carbocycles. The van der Waals surface area contributed by atoms with Gasteiger partial charge in [-0.15, -0.1) is 11.8 Å². The molecule has 0 fully saturated rings. The van der Waals surface area contributed by atoms with Gasteiger partial charge in [0.25, 0.3) is 0 Å². The van der Waals surface area contributed by atoms with Crippen LogP contribution in [0.2, 0.25) is 0 Å². The first-order valence-corrected chi connectivity index (χ1v) is 6.96. The SMILES string of the molecule is CC(CSc1ccc(O)c2ccccc12)C(=O)NN. The van der Waals surface area contributed by atoms with Crippen molar-refractivity contribution in [1.29, 1.82) is 0 Å². The van der Waals surface area contributed by atoms with Crippen molar-refractivity contribution in [2.24, 2.45) is 11.8 Å². The number of benzene rings is 2. The normalized spacial score (nSPS) is 12.3. The molecule has 0 saturated heterocycles. The Kier molecular flexibility index (Phi) is 4.29. The van der Waals surface area contributed by atoms with E-state index in [9.17, 15) is 9.90 Å². The van der Waals surface area contributed by atoms with Crippen LogP contribution in [0.5, 0.6) is 5.75 Å². The number of hydrogen-bond donors (Lipinski definition) is 3. The third kappa shape index (κ3) is 3.00. The van der Waals surface area contributed by atoms with Gasteiger partial charge < -0.3 is 5.11 Å². The van der Waals surface area contributed by atoms with Crippen LogP contribution in [0.25, 0.3) is 10.8 Å². The molecule has 1 unspecified atom stereocenters. The van der Waals surface area contributed by atoms with Crippen LogP contribution in [-0.2, 0) is 4.79 Å². The highest BCUT2D eigenvalue weighted by Crippen LogP contribution is 2.33. The predicted octanol–water partition coefficient (Wildman–Crippen LogP) is 2.26. The van der Waals surface area contributed by atoms with Gasteiger partial charge in [0.15, 0.2) is 0 Å². The first kappa shape index (κ1) is 13.7. The Morgan fingerprint density at radius 2 is 2.00 bits per heavy atom. The Bertz CT molecular complexity index is 601. The van der Waals surface area contributed by atoms with Crippen LogP contribution < -0.4 is 11.3 Å².